The molecule has 1 aromatic heterocycles. The lowest BCUT2D eigenvalue weighted by atomic mass is 10.1. The summed E-state index contributed by atoms with van der Waals surface area (Å²) in [6, 6.07) is 7.19. The van der Waals surface area contributed by atoms with Gasteiger partial charge in [0.1, 0.15) is 0 Å². The van der Waals surface area contributed by atoms with E-state index in [9.17, 15) is 0 Å². The van der Waals surface area contributed by atoms with Gasteiger partial charge in [0.25, 0.3) is 0 Å². The van der Waals surface area contributed by atoms with E-state index in [0.29, 0.717) is 10.0 Å². The standard InChI is InChI=1S/C11H8Cl2N2S/c1-16-11-14-5-4-10(15-11)8-3-2-7(12)6-9(8)13/h2-6H,1H3. The molecule has 0 amide bonds. The molecule has 2 aromatic rings. The number of halogens is 2. The van der Waals surface area contributed by atoms with Gasteiger partial charge in [-0.05, 0) is 30.5 Å². The van der Waals surface area contributed by atoms with Crippen LogP contribution in [-0.2, 0) is 0 Å². The molecule has 0 saturated carbocycles. The molecule has 0 atom stereocenters. The molecule has 0 bridgehead atoms. The van der Waals surface area contributed by atoms with E-state index < -0.39 is 0 Å². The Kier molecular flexibility index (Phi) is 3.69. The van der Waals surface area contributed by atoms with Crippen LogP contribution in [0.3, 0.4) is 0 Å². The topological polar surface area (TPSA) is 25.8 Å². The second-order valence-corrected chi connectivity index (χ2v) is 4.67. The molecule has 0 fully saturated rings. The van der Waals surface area contributed by atoms with Gasteiger partial charge in [-0.25, -0.2) is 9.97 Å². The van der Waals surface area contributed by atoms with Crippen LogP contribution < -0.4 is 0 Å². The molecule has 1 aromatic carbocycles. The minimum absolute atomic E-state index is 0.596. The van der Waals surface area contributed by atoms with Crippen LogP contribution in [0.2, 0.25) is 10.0 Å². The molecule has 0 aliphatic rings. The smallest absolute Gasteiger partial charge is 0.187 e. The lowest BCUT2D eigenvalue weighted by molar-refractivity contribution is 0.976. The van der Waals surface area contributed by atoms with Crippen molar-refractivity contribution >= 4 is 35.0 Å². The molecule has 1 heterocycles. The predicted molar refractivity (Wildman–Crippen MR) is 69.3 cm³/mol. The first kappa shape index (κ1) is 11.7. The van der Waals surface area contributed by atoms with Crippen molar-refractivity contribution in [1.29, 1.82) is 0 Å². The largest absolute Gasteiger partial charge is 0.231 e. The molecule has 82 valence electrons. The van der Waals surface area contributed by atoms with Crippen LogP contribution in [-0.4, -0.2) is 16.2 Å². The van der Waals surface area contributed by atoms with Gasteiger partial charge in [-0.1, -0.05) is 35.0 Å². The summed E-state index contributed by atoms with van der Waals surface area (Å²) in [4.78, 5) is 8.49. The number of thioether (sulfide) groups is 1. The van der Waals surface area contributed by atoms with Crippen molar-refractivity contribution in [3.8, 4) is 11.3 Å². The fourth-order valence-corrected chi connectivity index (χ4v) is 2.15. The highest BCUT2D eigenvalue weighted by Gasteiger charge is 2.06. The number of hydrogen-bond acceptors (Lipinski definition) is 3. The van der Waals surface area contributed by atoms with Crippen LogP contribution in [0.25, 0.3) is 11.3 Å². The Hall–Kier alpha value is -0.770. The second kappa shape index (κ2) is 5.04. The van der Waals surface area contributed by atoms with E-state index in [1.165, 1.54) is 11.8 Å². The average molecular weight is 271 g/mol. The van der Waals surface area contributed by atoms with E-state index in [2.05, 4.69) is 9.97 Å². The monoisotopic (exact) mass is 270 g/mol. The molecule has 0 N–H and O–H groups in total. The molecule has 0 aliphatic heterocycles. The Morgan fingerprint density at radius 2 is 2.00 bits per heavy atom. The van der Waals surface area contributed by atoms with E-state index >= 15 is 0 Å². The molecule has 2 nitrogen and oxygen atoms in total. The maximum atomic E-state index is 6.11. The van der Waals surface area contributed by atoms with Crippen LogP contribution in [0.1, 0.15) is 0 Å². The van der Waals surface area contributed by atoms with Gasteiger partial charge in [-0.2, -0.15) is 0 Å². The first-order valence-corrected chi connectivity index (χ1v) is 6.51. The van der Waals surface area contributed by atoms with Gasteiger partial charge in [0.2, 0.25) is 0 Å². The highest BCUT2D eigenvalue weighted by Crippen LogP contribution is 2.29. The lowest BCUT2D eigenvalue weighted by Crippen LogP contribution is -1.89. The summed E-state index contributed by atoms with van der Waals surface area (Å²) >= 11 is 13.4. The van der Waals surface area contributed by atoms with Crippen molar-refractivity contribution in [2.24, 2.45) is 0 Å². The summed E-state index contributed by atoms with van der Waals surface area (Å²) in [5.74, 6) is 0. The zero-order chi connectivity index (χ0) is 11.5. The quantitative estimate of drug-likeness (QED) is 0.605. The molecular formula is C11H8Cl2N2S. The third-order valence-electron chi connectivity index (χ3n) is 2.02. The molecule has 0 spiro atoms. The number of benzene rings is 1. The van der Waals surface area contributed by atoms with E-state index in [4.69, 9.17) is 23.2 Å². The van der Waals surface area contributed by atoms with Crippen LogP contribution >= 0.6 is 35.0 Å². The molecule has 0 aliphatic carbocycles. The van der Waals surface area contributed by atoms with E-state index in [0.717, 1.165) is 16.4 Å². The number of nitrogens with zero attached hydrogens (tertiary/aromatic N) is 2. The van der Waals surface area contributed by atoms with Crippen molar-refractivity contribution in [3.63, 3.8) is 0 Å². The Balaban J connectivity index is 2.49. The number of aromatic nitrogens is 2. The fourth-order valence-electron chi connectivity index (χ4n) is 1.29. The van der Waals surface area contributed by atoms with Crippen molar-refractivity contribution < 1.29 is 0 Å². The molecule has 2 rings (SSSR count). The third kappa shape index (κ3) is 2.48. The van der Waals surface area contributed by atoms with Gasteiger partial charge < -0.3 is 0 Å². The second-order valence-electron chi connectivity index (χ2n) is 3.05. The molecule has 0 saturated heterocycles. The zero-order valence-electron chi connectivity index (χ0n) is 8.45. The Morgan fingerprint density at radius 3 is 2.69 bits per heavy atom. The van der Waals surface area contributed by atoms with Crippen molar-refractivity contribution in [3.05, 3.63) is 40.5 Å². The highest BCUT2D eigenvalue weighted by molar-refractivity contribution is 7.98. The maximum absolute atomic E-state index is 6.11. The highest BCUT2D eigenvalue weighted by atomic mass is 35.5. The van der Waals surface area contributed by atoms with Crippen LogP contribution in [0, 0.1) is 0 Å². The number of hydrogen-bond donors (Lipinski definition) is 0. The Labute approximate surface area is 108 Å². The van der Waals surface area contributed by atoms with Gasteiger partial charge in [0.05, 0.1) is 10.7 Å². The first-order valence-electron chi connectivity index (χ1n) is 4.53. The third-order valence-corrected chi connectivity index (χ3v) is 3.13. The summed E-state index contributed by atoms with van der Waals surface area (Å²) in [5.41, 5.74) is 1.67. The Morgan fingerprint density at radius 1 is 1.19 bits per heavy atom. The van der Waals surface area contributed by atoms with Crippen molar-refractivity contribution in [2.45, 2.75) is 5.16 Å². The van der Waals surface area contributed by atoms with E-state index in [1.54, 1.807) is 18.3 Å². The van der Waals surface area contributed by atoms with Crippen LogP contribution in [0.5, 0.6) is 0 Å². The number of rotatable bonds is 2. The molecule has 5 heteroatoms. The van der Waals surface area contributed by atoms with Crippen molar-refractivity contribution in [2.75, 3.05) is 6.26 Å². The van der Waals surface area contributed by atoms with E-state index in [1.807, 2.05) is 18.4 Å². The summed E-state index contributed by atoms with van der Waals surface area (Å²) in [6.45, 7) is 0. The van der Waals surface area contributed by atoms with Crippen LogP contribution in [0.4, 0.5) is 0 Å². The summed E-state index contributed by atoms with van der Waals surface area (Å²) in [6.07, 6.45) is 3.65. The van der Waals surface area contributed by atoms with Gasteiger partial charge in [-0.3, -0.25) is 0 Å². The minimum Gasteiger partial charge on any atom is -0.231 e. The summed E-state index contributed by atoms with van der Waals surface area (Å²) < 4.78 is 0. The van der Waals surface area contributed by atoms with Gasteiger partial charge in [-0.15, -0.1) is 0 Å². The molecule has 0 unspecified atom stereocenters. The lowest BCUT2D eigenvalue weighted by Gasteiger charge is -2.04. The maximum Gasteiger partial charge on any atom is 0.187 e. The van der Waals surface area contributed by atoms with Gasteiger partial charge >= 0.3 is 0 Å². The molecular weight excluding hydrogens is 263 g/mol. The molecule has 16 heavy (non-hydrogen) atoms. The van der Waals surface area contributed by atoms with Gasteiger partial charge in [0.15, 0.2) is 5.16 Å². The van der Waals surface area contributed by atoms with Gasteiger partial charge in [0, 0.05) is 16.8 Å². The molecule has 0 radical (unpaired) electrons. The SMILES string of the molecule is CSc1nccc(-c2ccc(Cl)cc2Cl)n1. The van der Waals surface area contributed by atoms with Crippen molar-refractivity contribution in [1.82, 2.24) is 9.97 Å². The first-order chi connectivity index (χ1) is 7.70. The minimum atomic E-state index is 0.596. The average Bonchev–Trinajstić information content (AvgIpc) is 2.29. The Bertz CT molecular complexity index is 517. The fraction of sp³-hybridized carbons (Fsp3) is 0.0909. The van der Waals surface area contributed by atoms with E-state index in [-0.39, 0.29) is 0 Å². The predicted octanol–water partition coefficient (Wildman–Crippen LogP) is 4.17. The normalized spacial score (nSPS) is 10.4. The van der Waals surface area contributed by atoms with Crippen LogP contribution in [0.15, 0.2) is 35.6 Å². The zero-order valence-corrected chi connectivity index (χ0v) is 10.8. The summed E-state index contributed by atoms with van der Waals surface area (Å²) in [5, 5.41) is 1.94. The summed E-state index contributed by atoms with van der Waals surface area (Å²) in [7, 11) is 0.